The Morgan fingerprint density at radius 1 is 0.865 bits per heavy atom. The normalized spacial score (nSPS) is 12.8. The predicted molar refractivity (Wildman–Crippen MR) is 154 cm³/mol. The molecule has 186 valence electrons. The summed E-state index contributed by atoms with van der Waals surface area (Å²) in [7, 11) is 1.97. The summed E-state index contributed by atoms with van der Waals surface area (Å²) in [5.41, 5.74) is 10.3. The molecule has 0 N–H and O–H groups in total. The SMILES string of the molecule is [2H]c1c(C)c(C([2H])(C)C)c(C)[n+](C)c1-c1c(C)ccc2c1oc1c(-c3ccc(C(C)C)cc3)c([N+]#[C-])ccc12. The number of nitrogens with zero attached hydrogens (tertiary/aromatic N) is 2. The van der Waals surface area contributed by atoms with Gasteiger partial charge in [-0.2, -0.15) is 4.57 Å². The van der Waals surface area contributed by atoms with Gasteiger partial charge in [0, 0.05) is 36.2 Å². The Bertz CT molecular complexity index is 1790. The van der Waals surface area contributed by atoms with Gasteiger partial charge in [0.05, 0.1) is 13.5 Å². The minimum absolute atomic E-state index is 0.404. The van der Waals surface area contributed by atoms with Gasteiger partial charge in [0.15, 0.2) is 11.4 Å². The summed E-state index contributed by atoms with van der Waals surface area (Å²) in [6, 6.07) is 16.8. The Balaban J connectivity index is 1.88. The smallest absolute Gasteiger partial charge is 0.216 e. The van der Waals surface area contributed by atoms with Crippen molar-refractivity contribution in [3.05, 3.63) is 93.9 Å². The lowest BCUT2D eigenvalue weighted by Gasteiger charge is -2.15. The van der Waals surface area contributed by atoms with Gasteiger partial charge < -0.3 is 4.42 Å². The zero-order valence-electron chi connectivity index (χ0n) is 25.0. The lowest BCUT2D eigenvalue weighted by atomic mass is 9.93. The van der Waals surface area contributed by atoms with E-state index in [1.807, 2.05) is 58.4 Å². The molecule has 0 aliphatic rings. The summed E-state index contributed by atoms with van der Waals surface area (Å²) in [6.07, 6.45) is 0. The van der Waals surface area contributed by atoms with E-state index in [1.165, 1.54) is 5.56 Å². The van der Waals surface area contributed by atoms with Crippen LogP contribution < -0.4 is 4.57 Å². The van der Waals surface area contributed by atoms with E-state index in [0.717, 1.165) is 55.5 Å². The molecular formula is C34H35N2O+. The Morgan fingerprint density at radius 2 is 1.49 bits per heavy atom. The molecule has 0 aliphatic heterocycles. The van der Waals surface area contributed by atoms with Crippen LogP contribution in [0.3, 0.4) is 0 Å². The van der Waals surface area contributed by atoms with Gasteiger partial charge in [-0.1, -0.05) is 76.2 Å². The van der Waals surface area contributed by atoms with Crippen LogP contribution in [0.2, 0.25) is 0 Å². The Morgan fingerprint density at radius 3 is 2.08 bits per heavy atom. The molecule has 0 radical (unpaired) electrons. The lowest BCUT2D eigenvalue weighted by molar-refractivity contribution is -0.667. The topological polar surface area (TPSA) is 21.4 Å². The van der Waals surface area contributed by atoms with Crippen molar-refractivity contribution in [2.75, 3.05) is 0 Å². The molecule has 3 aromatic carbocycles. The molecule has 37 heavy (non-hydrogen) atoms. The van der Waals surface area contributed by atoms with Gasteiger partial charge in [0.1, 0.15) is 18.2 Å². The van der Waals surface area contributed by atoms with Crippen molar-refractivity contribution >= 4 is 27.6 Å². The van der Waals surface area contributed by atoms with Crippen LogP contribution in [-0.2, 0) is 7.05 Å². The van der Waals surface area contributed by atoms with Crippen molar-refractivity contribution in [1.29, 1.82) is 0 Å². The number of furan rings is 1. The molecule has 0 spiro atoms. The van der Waals surface area contributed by atoms with Crippen molar-refractivity contribution in [3.63, 3.8) is 0 Å². The summed E-state index contributed by atoms with van der Waals surface area (Å²) in [5.74, 6) is -0.401. The molecule has 2 heterocycles. The van der Waals surface area contributed by atoms with Crippen LogP contribution in [0.25, 0.3) is 49.2 Å². The average molecular weight is 490 g/mol. The first-order valence-electron chi connectivity index (χ1n) is 13.8. The number of hydrogen-bond acceptors (Lipinski definition) is 1. The highest BCUT2D eigenvalue weighted by Crippen LogP contribution is 2.44. The van der Waals surface area contributed by atoms with Gasteiger partial charge >= 0.3 is 0 Å². The fourth-order valence-corrected chi connectivity index (χ4v) is 5.59. The Labute approximate surface area is 223 Å². The second-order valence-corrected chi connectivity index (χ2v) is 10.6. The molecule has 0 saturated heterocycles. The van der Waals surface area contributed by atoms with Crippen molar-refractivity contribution in [2.24, 2.45) is 7.05 Å². The largest absolute Gasteiger partial charge is 0.456 e. The molecule has 3 heteroatoms. The maximum absolute atomic E-state index is 9.21. The van der Waals surface area contributed by atoms with Crippen LogP contribution in [0.1, 0.15) is 70.2 Å². The van der Waals surface area contributed by atoms with Gasteiger partial charge in [0.25, 0.3) is 0 Å². The molecule has 0 atom stereocenters. The quantitative estimate of drug-likeness (QED) is 0.182. The average Bonchev–Trinajstić information content (AvgIpc) is 3.26. The fraction of sp³-hybridized carbons (Fsp3) is 0.294. The molecule has 0 unspecified atom stereocenters. The minimum Gasteiger partial charge on any atom is -0.456 e. The van der Waals surface area contributed by atoms with E-state index in [4.69, 9.17) is 12.4 Å². The molecule has 0 amide bonds. The van der Waals surface area contributed by atoms with E-state index >= 15 is 0 Å². The number of fused-ring (bicyclic) bond motifs is 3. The number of hydrogen-bond donors (Lipinski definition) is 0. The maximum atomic E-state index is 9.21. The van der Waals surface area contributed by atoms with Crippen LogP contribution in [0.5, 0.6) is 0 Å². The van der Waals surface area contributed by atoms with E-state index < -0.39 is 5.89 Å². The molecule has 5 aromatic rings. The Kier molecular flexibility index (Phi) is 5.55. The molecule has 0 fully saturated rings. The second kappa shape index (κ2) is 9.20. The highest BCUT2D eigenvalue weighted by atomic mass is 16.3. The first-order chi connectivity index (χ1) is 18.4. The first kappa shape index (κ1) is 22.3. The zero-order valence-corrected chi connectivity index (χ0v) is 23.0. The van der Waals surface area contributed by atoms with E-state index in [9.17, 15) is 1.37 Å². The Hall–Kier alpha value is -3.90. The van der Waals surface area contributed by atoms with E-state index in [2.05, 4.69) is 55.1 Å². The molecule has 2 aromatic heterocycles. The monoisotopic (exact) mass is 489 g/mol. The molecule has 5 rings (SSSR count). The highest BCUT2D eigenvalue weighted by molar-refractivity contribution is 6.15. The van der Waals surface area contributed by atoms with Crippen molar-refractivity contribution in [3.8, 4) is 22.4 Å². The van der Waals surface area contributed by atoms with Crippen LogP contribution >= 0.6 is 0 Å². The number of rotatable bonds is 4. The van der Waals surface area contributed by atoms with E-state index in [-0.39, 0.29) is 0 Å². The summed E-state index contributed by atoms with van der Waals surface area (Å²) >= 11 is 0. The zero-order chi connectivity index (χ0) is 28.4. The summed E-state index contributed by atoms with van der Waals surface area (Å²) in [4.78, 5) is 3.85. The third-order valence-electron chi connectivity index (χ3n) is 7.60. The van der Waals surface area contributed by atoms with Crippen LogP contribution in [0, 0.1) is 27.3 Å². The predicted octanol–water partition coefficient (Wildman–Crippen LogP) is 9.47. The third-order valence-corrected chi connectivity index (χ3v) is 7.60. The molecular weight excluding hydrogens is 452 g/mol. The molecule has 0 aliphatic carbocycles. The number of pyridine rings is 1. The molecule has 3 nitrogen and oxygen atoms in total. The number of benzene rings is 3. The number of aryl methyl sites for hydroxylation is 1. The summed E-state index contributed by atoms with van der Waals surface area (Å²) < 4.78 is 26.7. The van der Waals surface area contributed by atoms with Crippen LogP contribution in [0.15, 0.2) is 59.0 Å². The summed E-state index contributed by atoms with van der Waals surface area (Å²) in [5, 5.41) is 1.91. The van der Waals surface area contributed by atoms with Crippen molar-refractivity contribution < 1.29 is 11.7 Å². The minimum atomic E-state index is -0.823. The highest BCUT2D eigenvalue weighted by Gasteiger charge is 2.26. The standard InChI is InChI=1S/C34H35N2O/c1-19(2)24-11-13-25(14-12-24)32-28(35-8)17-16-27-26-15-10-21(5)31(33(26)37-34(27)32)29-18-22(6)30(20(3)4)23(7)36(29)9/h10-20H,1-7,9H3/q+1/i18D,20D. The first-order valence-corrected chi connectivity index (χ1v) is 12.8. The fourth-order valence-electron chi connectivity index (χ4n) is 5.59. The lowest BCUT2D eigenvalue weighted by Crippen LogP contribution is -2.37. The third kappa shape index (κ3) is 3.92. The van der Waals surface area contributed by atoms with Crippen molar-refractivity contribution in [2.45, 2.75) is 60.3 Å². The van der Waals surface area contributed by atoms with Gasteiger partial charge in [-0.15, -0.1) is 0 Å². The maximum Gasteiger partial charge on any atom is 0.216 e. The second-order valence-electron chi connectivity index (χ2n) is 10.6. The van der Waals surface area contributed by atoms with E-state index in [0.29, 0.717) is 28.8 Å². The molecule has 0 bridgehead atoms. The van der Waals surface area contributed by atoms with Gasteiger partial charge in [0.2, 0.25) is 5.69 Å². The number of aromatic nitrogens is 1. The van der Waals surface area contributed by atoms with Crippen LogP contribution in [-0.4, -0.2) is 0 Å². The summed E-state index contributed by atoms with van der Waals surface area (Å²) in [6.45, 7) is 22.0. The van der Waals surface area contributed by atoms with E-state index in [1.54, 1.807) is 0 Å². The van der Waals surface area contributed by atoms with Crippen molar-refractivity contribution in [1.82, 2.24) is 0 Å². The van der Waals surface area contributed by atoms with Gasteiger partial charge in [-0.3, -0.25) is 0 Å². The van der Waals surface area contributed by atoms with Crippen LogP contribution in [0.4, 0.5) is 5.69 Å². The molecule has 0 saturated carbocycles. The van der Waals surface area contributed by atoms with Gasteiger partial charge in [-0.05, 0) is 47.9 Å². The van der Waals surface area contributed by atoms with Gasteiger partial charge in [-0.25, -0.2) is 4.85 Å².